The first-order chi connectivity index (χ1) is 17.3. The maximum atomic E-state index is 13.5. The van der Waals surface area contributed by atoms with Crippen LogP contribution in [0.15, 0.2) is 83.9 Å². The van der Waals surface area contributed by atoms with Gasteiger partial charge in [-0.15, -0.1) is 0 Å². The van der Waals surface area contributed by atoms with Gasteiger partial charge in [0.15, 0.2) is 5.78 Å². The molecule has 2 heterocycles. The van der Waals surface area contributed by atoms with Crippen molar-refractivity contribution >= 4 is 50.4 Å². The smallest absolute Gasteiger partial charge is 0.261 e. The fourth-order valence-electron chi connectivity index (χ4n) is 4.38. The van der Waals surface area contributed by atoms with Crippen molar-refractivity contribution in [2.75, 3.05) is 17.3 Å². The quantitative estimate of drug-likeness (QED) is 0.362. The number of carbonyl (C=O) groups is 2. The third-order valence-corrected chi connectivity index (χ3v) is 6.33. The highest BCUT2D eigenvalue weighted by Crippen LogP contribution is 2.31. The molecule has 8 heteroatoms. The summed E-state index contributed by atoms with van der Waals surface area (Å²) in [6, 6.07) is 20.3. The molecule has 5 rings (SSSR count). The minimum absolute atomic E-state index is 0.0869. The summed E-state index contributed by atoms with van der Waals surface area (Å²) in [6.07, 6.45) is 3.44. The molecular formula is C28H25N5O3. The van der Waals surface area contributed by atoms with Gasteiger partial charge in [0, 0.05) is 42.6 Å². The topological polar surface area (TPSA) is 89.2 Å². The number of pyridine rings is 1. The molecule has 0 atom stereocenters. The number of benzene rings is 3. The molecule has 0 radical (unpaired) electrons. The van der Waals surface area contributed by atoms with Crippen LogP contribution in [0.25, 0.3) is 21.7 Å². The van der Waals surface area contributed by atoms with Crippen LogP contribution in [0.1, 0.15) is 17.3 Å². The number of carbonyl (C=O) groups excluding carboxylic acids is 2. The first kappa shape index (κ1) is 23.0. The number of Topliss-reactive ketones (excluding diaryl/α,β-unsaturated/α-hetero) is 1. The van der Waals surface area contributed by atoms with Crippen molar-refractivity contribution < 1.29 is 9.59 Å². The zero-order chi connectivity index (χ0) is 25.4. The lowest BCUT2D eigenvalue weighted by molar-refractivity contribution is -0.116. The van der Waals surface area contributed by atoms with Gasteiger partial charge in [0.2, 0.25) is 5.91 Å². The van der Waals surface area contributed by atoms with Crippen LogP contribution >= 0.6 is 0 Å². The molecule has 0 saturated carbocycles. The number of hydrogen-bond donors (Lipinski definition) is 1. The van der Waals surface area contributed by atoms with E-state index in [0.29, 0.717) is 16.6 Å². The predicted octanol–water partition coefficient (Wildman–Crippen LogP) is 4.50. The fraction of sp³-hybridized carbons (Fsp3) is 0.143. The molecule has 0 spiro atoms. The molecule has 36 heavy (non-hydrogen) atoms. The van der Waals surface area contributed by atoms with Crippen LogP contribution in [0.4, 0.5) is 17.1 Å². The second-order valence-corrected chi connectivity index (χ2v) is 8.75. The van der Waals surface area contributed by atoms with Gasteiger partial charge in [-0.1, -0.05) is 24.3 Å². The van der Waals surface area contributed by atoms with Gasteiger partial charge >= 0.3 is 0 Å². The van der Waals surface area contributed by atoms with Gasteiger partial charge < -0.3 is 14.8 Å². The Balaban J connectivity index is 1.47. The van der Waals surface area contributed by atoms with Crippen LogP contribution in [0.2, 0.25) is 0 Å². The number of anilines is 3. The molecule has 2 aromatic heterocycles. The lowest BCUT2D eigenvalue weighted by Crippen LogP contribution is -2.28. The van der Waals surface area contributed by atoms with Gasteiger partial charge in [0.05, 0.1) is 22.8 Å². The van der Waals surface area contributed by atoms with Crippen LogP contribution in [-0.4, -0.2) is 33.1 Å². The normalized spacial score (nSPS) is 11.1. The Kier molecular flexibility index (Phi) is 5.85. The lowest BCUT2D eigenvalue weighted by Gasteiger charge is -2.22. The average Bonchev–Trinajstić information content (AvgIpc) is 3.25. The van der Waals surface area contributed by atoms with E-state index in [9.17, 15) is 14.4 Å². The molecule has 5 aromatic rings. The van der Waals surface area contributed by atoms with E-state index in [1.807, 2.05) is 72.3 Å². The van der Waals surface area contributed by atoms with Crippen molar-refractivity contribution in [2.45, 2.75) is 13.5 Å². The van der Waals surface area contributed by atoms with E-state index in [-0.39, 0.29) is 23.8 Å². The second kappa shape index (κ2) is 9.14. The summed E-state index contributed by atoms with van der Waals surface area (Å²) < 4.78 is 3.21. The number of aryl methyl sites for hydroxylation is 1. The standard InChI is InChI=1S/C28H25N5O3/c1-18(34)20-7-4-8-22(14-20)30-26(35)17-33-13-12-19-6-5-9-25(27(19)28(33)36)31(2)23-10-11-24-21(15-23)16-29-32(24)3/h4-16H,17H2,1-3H3,(H,30,35). The van der Waals surface area contributed by atoms with Gasteiger partial charge in [-0.05, 0) is 54.8 Å². The Morgan fingerprint density at radius 3 is 2.61 bits per heavy atom. The van der Waals surface area contributed by atoms with Gasteiger partial charge in [-0.3, -0.25) is 19.1 Å². The number of hydrogen-bond acceptors (Lipinski definition) is 5. The van der Waals surface area contributed by atoms with E-state index in [1.165, 1.54) is 11.5 Å². The molecular weight excluding hydrogens is 454 g/mol. The summed E-state index contributed by atoms with van der Waals surface area (Å²) in [4.78, 5) is 39.9. The lowest BCUT2D eigenvalue weighted by atomic mass is 10.1. The zero-order valence-electron chi connectivity index (χ0n) is 20.2. The van der Waals surface area contributed by atoms with Crippen molar-refractivity contribution in [1.82, 2.24) is 14.3 Å². The molecule has 0 unspecified atom stereocenters. The number of rotatable bonds is 6. The Labute approximate surface area is 207 Å². The van der Waals surface area contributed by atoms with Crippen LogP contribution in [0.3, 0.4) is 0 Å². The van der Waals surface area contributed by atoms with Gasteiger partial charge in [0.25, 0.3) is 5.56 Å². The van der Waals surface area contributed by atoms with Crippen LogP contribution < -0.4 is 15.8 Å². The number of nitrogens with zero attached hydrogens (tertiary/aromatic N) is 4. The van der Waals surface area contributed by atoms with Crippen LogP contribution in [0, 0.1) is 0 Å². The number of fused-ring (bicyclic) bond motifs is 2. The summed E-state index contributed by atoms with van der Waals surface area (Å²) in [5.74, 6) is -0.443. The highest BCUT2D eigenvalue weighted by atomic mass is 16.2. The molecule has 180 valence electrons. The van der Waals surface area contributed by atoms with E-state index in [1.54, 1.807) is 30.5 Å². The van der Waals surface area contributed by atoms with E-state index in [2.05, 4.69) is 10.4 Å². The van der Waals surface area contributed by atoms with Crippen LogP contribution in [0.5, 0.6) is 0 Å². The molecule has 8 nitrogen and oxygen atoms in total. The molecule has 1 amide bonds. The zero-order valence-corrected chi connectivity index (χ0v) is 20.2. The van der Waals surface area contributed by atoms with Gasteiger partial charge in [-0.2, -0.15) is 5.10 Å². The van der Waals surface area contributed by atoms with E-state index in [4.69, 9.17) is 0 Å². The summed E-state index contributed by atoms with van der Waals surface area (Å²) >= 11 is 0. The Bertz CT molecular complexity index is 1700. The van der Waals surface area contributed by atoms with Crippen molar-refractivity contribution in [1.29, 1.82) is 0 Å². The van der Waals surface area contributed by atoms with Gasteiger partial charge in [0.1, 0.15) is 6.54 Å². The number of aromatic nitrogens is 3. The van der Waals surface area contributed by atoms with E-state index in [0.717, 1.165) is 27.7 Å². The van der Waals surface area contributed by atoms with E-state index < -0.39 is 0 Å². The molecule has 0 aliphatic rings. The minimum Gasteiger partial charge on any atom is -0.344 e. The predicted molar refractivity (Wildman–Crippen MR) is 142 cm³/mol. The highest BCUT2D eigenvalue weighted by molar-refractivity contribution is 5.98. The fourth-order valence-corrected chi connectivity index (χ4v) is 4.38. The molecule has 0 aliphatic heterocycles. The summed E-state index contributed by atoms with van der Waals surface area (Å²) in [5.41, 5.74) is 3.43. The number of ketones is 1. The molecule has 0 fully saturated rings. The third-order valence-electron chi connectivity index (χ3n) is 6.33. The maximum absolute atomic E-state index is 13.5. The maximum Gasteiger partial charge on any atom is 0.261 e. The molecule has 1 N–H and O–H groups in total. The highest BCUT2D eigenvalue weighted by Gasteiger charge is 2.15. The SMILES string of the molecule is CC(=O)c1cccc(NC(=O)Cn2ccc3cccc(N(C)c4ccc5c(cnn5C)c4)c3c2=O)c1. The molecule has 3 aromatic carbocycles. The van der Waals surface area contributed by atoms with Gasteiger partial charge in [-0.25, -0.2) is 0 Å². The Hall–Kier alpha value is -4.72. The first-order valence-electron chi connectivity index (χ1n) is 11.5. The average molecular weight is 480 g/mol. The summed E-state index contributed by atoms with van der Waals surface area (Å²) in [7, 11) is 3.81. The summed E-state index contributed by atoms with van der Waals surface area (Å²) in [6.45, 7) is 1.32. The van der Waals surface area contributed by atoms with Crippen molar-refractivity contribution in [3.63, 3.8) is 0 Å². The number of nitrogens with one attached hydrogen (secondary N) is 1. The first-order valence-corrected chi connectivity index (χ1v) is 11.5. The summed E-state index contributed by atoms with van der Waals surface area (Å²) in [5, 5.41) is 9.40. The number of amides is 1. The third kappa shape index (κ3) is 4.24. The van der Waals surface area contributed by atoms with E-state index >= 15 is 0 Å². The van der Waals surface area contributed by atoms with Crippen LogP contribution in [-0.2, 0) is 18.4 Å². The van der Waals surface area contributed by atoms with Crippen molar-refractivity contribution in [3.8, 4) is 0 Å². The molecule has 0 aliphatic carbocycles. The largest absolute Gasteiger partial charge is 0.344 e. The molecule has 0 saturated heterocycles. The monoisotopic (exact) mass is 479 g/mol. The minimum atomic E-state index is -0.356. The Morgan fingerprint density at radius 1 is 1.00 bits per heavy atom. The second-order valence-electron chi connectivity index (χ2n) is 8.75. The molecule has 0 bridgehead atoms. The Morgan fingerprint density at radius 2 is 1.81 bits per heavy atom. The van der Waals surface area contributed by atoms with Crippen molar-refractivity contribution in [3.05, 3.63) is 95.0 Å². The van der Waals surface area contributed by atoms with Crippen molar-refractivity contribution in [2.24, 2.45) is 7.05 Å².